The Kier molecular flexibility index (Phi) is 14.7. The van der Waals surface area contributed by atoms with E-state index in [-0.39, 0.29) is 23.0 Å². The van der Waals surface area contributed by atoms with Crippen molar-refractivity contribution in [2.24, 2.45) is 0 Å². The third-order valence-electron chi connectivity index (χ3n) is 6.13. The van der Waals surface area contributed by atoms with E-state index in [1.54, 1.807) is 0 Å². The molecule has 0 aliphatic heterocycles. The van der Waals surface area contributed by atoms with Crippen molar-refractivity contribution in [3.8, 4) is 11.5 Å². The number of likely N-dealkylation sites (N-methyl/N-ethyl adjacent to an activating group) is 2. The highest BCUT2D eigenvalue weighted by Gasteiger charge is 2.24. The second-order valence-corrected chi connectivity index (χ2v) is 14.2. The summed E-state index contributed by atoms with van der Waals surface area (Å²) in [5, 5.41) is 20.7. The minimum absolute atomic E-state index is 0.0550. The van der Waals surface area contributed by atoms with Crippen LogP contribution in [0.15, 0.2) is 51.9 Å². The minimum atomic E-state index is -3.91. The van der Waals surface area contributed by atoms with Crippen LogP contribution in [0.3, 0.4) is 0 Å². The van der Waals surface area contributed by atoms with Crippen LogP contribution in [0.1, 0.15) is 27.7 Å². The van der Waals surface area contributed by atoms with E-state index in [4.69, 9.17) is 9.47 Å². The van der Waals surface area contributed by atoms with E-state index in [2.05, 4.69) is 73.5 Å². The Morgan fingerprint density at radius 1 is 0.667 bits per heavy atom. The lowest BCUT2D eigenvalue weighted by atomic mass is 10.3. The Morgan fingerprint density at radius 2 is 0.949 bits per heavy atom. The van der Waals surface area contributed by atoms with Crippen LogP contribution < -0.4 is 9.47 Å². The van der Waals surface area contributed by atoms with Gasteiger partial charge in [-0.25, -0.2) is 8.42 Å². The van der Waals surface area contributed by atoms with Gasteiger partial charge in [0.05, 0.1) is 27.7 Å². The Labute approximate surface area is 265 Å². The molecule has 0 radical (unpaired) electrons. The van der Waals surface area contributed by atoms with Crippen LogP contribution in [0.5, 0.6) is 11.5 Å². The number of halogens is 4. The zero-order chi connectivity index (χ0) is 29.3. The lowest BCUT2D eigenvalue weighted by Gasteiger charge is -2.22. The van der Waals surface area contributed by atoms with Gasteiger partial charge in [-0.15, -0.1) is 0 Å². The molecule has 2 aromatic rings. The molecule has 0 spiro atoms. The SMILES string of the molecule is CCN(CC)C[C@H](O)COc1c(Br)cc(S(=O)(=O)c2cc(Br)c(OC[C@@H](O)CN(CC)CC)c(Br)c2)cc1Br. The number of hydrogen-bond donors (Lipinski definition) is 2. The number of nitrogens with zero attached hydrogens (tertiary/aromatic N) is 2. The first-order valence-electron chi connectivity index (χ1n) is 12.7. The number of ether oxygens (including phenoxy) is 2. The third kappa shape index (κ3) is 9.92. The van der Waals surface area contributed by atoms with Crippen molar-refractivity contribution < 1.29 is 28.1 Å². The first kappa shape index (κ1) is 34.9. The van der Waals surface area contributed by atoms with Crippen LogP contribution in [-0.2, 0) is 9.84 Å². The van der Waals surface area contributed by atoms with Crippen LogP contribution in [0.25, 0.3) is 0 Å². The summed E-state index contributed by atoms with van der Waals surface area (Å²) in [5.41, 5.74) is 0. The number of sulfone groups is 1. The maximum Gasteiger partial charge on any atom is 0.206 e. The summed E-state index contributed by atoms with van der Waals surface area (Å²) < 4.78 is 40.4. The van der Waals surface area contributed by atoms with Gasteiger partial charge in [0.2, 0.25) is 9.84 Å². The van der Waals surface area contributed by atoms with E-state index < -0.39 is 22.0 Å². The van der Waals surface area contributed by atoms with Gasteiger partial charge in [-0.3, -0.25) is 0 Å². The summed E-state index contributed by atoms with van der Waals surface area (Å²) in [6.45, 7) is 12.5. The Balaban J connectivity index is 2.20. The molecule has 0 amide bonds. The molecule has 0 heterocycles. The zero-order valence-electron chi connectivity index (χ0n) is 22.5. The average molecular weight is 824 g/mol. The number of benzene rings is 2. The quantitative estimate of drug-likeness (QED) is 0.222. The van der Waals surface area contributed by atoms with E-state index in [1.165, 1.54) is 24.3 Å². The molecule has 0 saturated heterocycles. The van der Waals surface area contributed by atoms with Crippen molar-refractivity contribution in [1.82, 2.24) is 9.80 Å². The van der Waals surface area contributed by atoms with Gasteiger partial charge in [-0.2, -0.15) is 0 Å². The van der Waals surface area contributed by atoms with E-state index in [0.717, 1.165) is 26.2 Å². The molecule has 0 aromatic heterocycles. The highest BCUT2D eigenvalue weighted by molar-refractivity contribution is 9.11. The van der Waals surface area contributed by atoms with Crippen LogP contribution in [0.4, 0.5) is 0 Å². The van der Waals surface area contributed by atoms with E-state index in [0.29, 0.717) is 42.5 Å². The van der Waals surface area contributed by atoms with Crippen molar-refractivity contribution in [2.75, 3.05) is 52.5 Å². The molecule has 0 aliphatic carbocycles. The first-order valence-corrected chi connectivity index (χ1v) is 17.3. The van der Waals surface area contributed by atoms with Gasteiger partial charge in [0.15, 0.2) is 0 Å². The molecule has 39 heavy (non-hydrogen) atoms. The summed E-state index contributed by atoms with van der Waals surface area (Å²) in [6.07, 6.45) is -1.39. The van der Waals surface area contributed by atoms with Gasteiger partial charge < -0.3 is 29.5 Å². The average Bonchev–Trinajstić information content (AvgIpc) is 2.89. The maximum absolute atomic E-state index is 13.5. The molecule has 2 atom stereocenters. The van der Waals surface area contributed by atoms with Crippen molar-refractivity contribution in [3.05, 3.63) is 42.2 Å². The smallest absolute Gasteiger partial charge is 0.206 e. The van der Waals surface area contributed by atoms with Crippen LogP contribution in [0.2, 0.25) is 0 Å². The largest absolute Gasteiger partial charge is 0.488 e. The van der Waals surface area contributed by atoms with Crippen molar-refractivity contribution in [3.63, 3.8) is 0 Å². The van der Waals surface area contributed by atoms with Crippen molar-refractivity contribution in [1.29, 1.82) is 0 Å². The predicted molar refractivity (Wildman–Crippen MR) is 168 cm³/mol. The van der Waals surface area contributed by atoms with Gasteiger partial charge in [0, 0.05) is 13.1 Å². The third-order valence-corrected chi connectivity index (χ3v) is 10.2. The summed E-state index contributed by atoms with van der Waals surface area (Å²) in [7, 11) is -3.91. The standard InChI is InChI=1S/C26H36Br4N2O6S/c1-5-31(6-2)13-17(33)15-37-25-21(27)9-19(10-22(25)28)39(35,36)20-11-23(29)26(24(30)12-20)38-16-18(34)14-32(7-3)8-4/h9-12,17-18,33-34H,5-8,13-16H2,1-4H3/t17-,18-/m0/s1. The fraction of sp³-hybridized carbons (Fsp3) is 0.538. The molecule has 0 aliphatic rings. The molecule has 0 fully saturated rings. The van der Waals surface area contributed by atoms with E-state index in [1.807, 2.05) is 27.7 Å². The lowest BCUT2D eigenvalue weighted by Crippen LogP contribution is -2.35. The molecule has 0 saturated carbocycles. The second kappa shape index (κ2) is 16.4. The maximum atomic E-state index is 13.5. The highest BCUT2D eigenvalue weighted by Crippen LogP contribution is 2.41. The minimum Gasteiger partial charge on any atom is -0.488 e. The highest BCUT2D eigenvalue weighted by atomic mass is 79.9. The molecule has 220 valence electrons. The molecule has 2 N–H and O–H groups in total. The second-order valence-electron chi connectivity index (χ2n) is 8.84. The number of aliphatic hydroxyl groups is 2. The molecule has 8 nitrogen and oxygen atoms in total. The lowest BCUT2D eigenvalue weighted by molar-refractivity contribution is 0.0710. The van der Waals surface area contributed by atoms with Gasteiger partial charge >= 0.3 is 0 Å². The molecule has 0 unspecified atom stereocenters. The molecule has 2 aromatic carbocycles. The van der Waals surface area contributed by atoms with Gasteiger partial charge in [-0.05, 0) is 114 Å². The zero-order valence-corrected chi connectivity index (χ0v) is 29.6. The number of hydrogen-bond acceptors (Lipinski definition) is 8. The monoisotopic (exact) mass is 820 g/mol. The van der Waals surface area contributed by atoms with E-state index in [9.17, 15) is 18.6 Å². The van der Waals surface area contributed by atoms with E-state index >= 15 is 0 Å². The topological polar surface area (TPSA) is 99.5 Å². The molecular formula is C26H36Br4N2O6S. The van der Waals surface area contributed by atoms with Crippen LogP contribution in [0, 0.1) is 0 Å². The van der Waals surface area contributed by atoms with Crippen LogP contribution in [-0.4, -0.2) is 93.1 Å². The fourth-order valence-electron chi connectivity index (χ4n) is 3.82. The molecule has 13 heteroatoms. The van der Waals surface area contributed by atoms with Crippen LogP contribution >= 0.6 is 63.7 Å². The number of aliphatic hydroxyl groups excluding tert-OH is 2. The number of rotatable bonds is 16. The molecule has 2 rings (SSSR count). The first-order chi connectivity index (χ1) is 18.4. The summed E-state index contributed by atoms with van der Waals surface area (Å²) in [5.74, 6) is 0.809. The summed E-state index contributed by atoms with van der Waals surface area (Å²) >= 11 is 13.7. The van der Waals surface area contributed by atoms with Crippen molar-refractivity contribution >= 4 is 73.6 Å². The predicted octanol–water partition coefficient (Wildman–Crippen LogP) is 5.73. The van der Waals surface area contributed by atoms with Gasteiger partial charge in [0.1, 0.15) is 36.9 Å². The fourth-order valence-corrected chi connectivity index (χ4v) is 8.62. The van der Waals surface area contributed by atoms with Crippen molar-refractivity contribution in [2.45, 2.75) is 49.7 Å². The van der Waals surface area contributed by atoms with Gasteiger partial charge in [-0.1, -0.05) is 27.7 Å². The van der Waals surface area contributed by atoms with Gasteiger partial charge in [0.25, 0.3) is 0 Å². The summed E-state index contributed by atoms with van der Waals surface area (Å²) in [6, 6.07) is 5.90. The Bertz CT molecular complexity index is 1060. The molecule has 0 bridgehead atoms. The molecular weight excluding hydrogens is 788 g/mol. The Hall–Kier alpha value is -0.250. The normalized spacial score (nSPS) is 13.6. The Morgan fingerprint density at radius 3 is 1.21 bits per heavy atom. The summed E-state index contributed by atoms with van der Waals surface area (Å²) in [4.78, 5) is 4.29.